The van der Waals surface area contributed by atoms with Gasteiger partial charge in [-0.15, -0.1) is 0 Å². The lowest BCUT2D eigenvalue weighted by Gasteiger charge is -1.63. The average Bonchev–Trinajstić information content (AvgIpc) is 1.35. The Labute approximate surface area is 49.1 Å². The summed E-state index contributed by atoms with van der Waals surface area (Å²) >= 11 is 7.69. The van der Waals surface area contributed by atoms with E-state index < -0.39 is 5.24 Å². The molecule has 0 aromatic carbocycles. The van der Waals surface area contributed by atoms with E-state index in [9.17, 15) is 4.79 Å². The van der Waals surface area contributed by atoms with E-state index in [1.807, 2.05) is 0 Å². The van der Waals surface area contributed by atoms with Gasteiger partial charge in [-0.2, -0.15) is 0 Å². The Morgan fingerprint density at radius 2 is 2.33 bits per heavy atom. The number of carbonyl (C=O) groups excluding carboxylic acids is 1. The monoisotopic (exact) mass is 168 g/mol. The maximum absolute atomic E-state index is 9.69. The number of halogens is 2. The quantitative estimate of drug-likeness (QED) is 0.431. The van der Waals surface area contributed by atoms with Gasteiger partial charge in [0.05, 0.1) is 0 Å². The maximum Gasteiger partial charge on any atom is 0.245 e. The van der Waals surface area contributed by atoms with Gasteiger partial charge in [-0.1, -0.05) is 15.9 Å². The minimum atomic E-state index is -0.466. The van der Waals surface area contributed by atoms with E-state index in [1.54, 1.807) is 0 Å². The van der Waals surface area contributed by atoms with Gasteiger partial charge < -0.3 is 0 Å². The zero-order chi connectivity index (χ0) is 4.99. The first-order valence-electron chi connectivity index (χ1n) is 1.23. The molecule has 0 saturated carbocycles. The van der Waals surface area contributed by atoms with Gasteiger partial charge in [0.15, 0.2) is 0 Å². The molecule has 0 N–H and O–H groups in total. The van der Waals surface area contributed by atoms with Crippen molar-refractivity contribution in [2.45, 2.75) is 0 Å². The van der Waals surface area contributed by atoms with Gasteiger partial charge in [-0.05, 0) is 16.6 Å². The minimum Gasteiger partial charge on any atom is -0.276 e. The van der Waals surface area contributed by atoms with E-state index in [0.717, 1.165) is 0 Å². The van der Waals surface area contributed by atoms with Crippen molar-refractivity contribution in [3.8, 4) is 0 Å². The molecule has 1 nitrogen and oxygen atoms in total. The number of carbonyl (C=O) groups is 1. The third-order valence-corrected chi connectivity index (χ3v) is 0.584. The maximum atomic E-state index is 9.69. The zero-order valence-corrected chi connectivity index (χ0v) is 5.16. The van der Waals surface area contributed by atoms with Gasteiger partial charge in [0.25, 0.3) is 0 Å². The fourth-order valence-corrected chi connectivity index (χ4v) is 0.505. The van der Waals surface area contributed by atoms with Crippen LogP contribution in [0.5, 0.6) is 0 Å². The van der Waals surface area contributed by atoms with Gasteiger partial charge in [0.1, 0.15) is 0 Å². The second-order valence-corrected chi connectivity index (χ2v) is 1.50. The third kappa shape index (κ3) is 4.18. The summed E-state index contributed by atoms with van der Waals surface area (Å²) in [5.74, 6) is 0. The van der Waals surface area contributed by atoms with Crippen molar-refractivity contribution in [2.75, 3.05) is 0 Å². The smallest absolute Gasteiger partial charge is 0.245 e. The molecule has 0 spiro atoms. The normalized spacial score (nSPS) is 9.67. The number of rotatable bonds is 1. The van der Waals surface area contributed by atoms with Gasteiger partial charge in [-0.25, -0.2) is 0 Å². The van der Waals surface area contributed by atoms with E-state index in [2.05, 4.69) is 15.9 Å². The first-order valence-corrected chi connectivity index (χ1v) is 2.53. The predicted octanol–water partition coefficient (Wildman–Crippen LogP) is 1.66. The van der Waals surface area contributed by atoms with Gasteiger partial charge in [0, 0.05) is 6.08 Å². The SMILES string of the molecule is O=C(Cl)/C=C\Br. The summed E-state index contributed by atoms with van der Waals surface area (Å²) in [4.78, 5) is 11.1. The van der Waals surface area contributed by atoms with Crippen LogP contribution in [0.2, 0.25) is 0 Å². The summed E-state index contributed by atoms with van der Waals surface area (Å²) in [6.07, 6.45) is 1.21. The van der Waals surface area contributed by atoms with Gasteiger partial charge in [0.2, 0.25) is 5.24 Å². The summed E-state index contributed by atoms with van der Waals surface area (Å²) in [7, 11) is 0. The summed E-state index contributed by atoms with van der Waals surface area (Å²) in [5, 5.41) is -0.466. The largest absolute Gasteiger partial charge is 0.276 e. The van der Waals surface area contributed by atoms with Crippen molar-refractivity contribution >= 4 is 32.8 Å². The fraction of sp³-hybridized carbons (Fsp3) is 0. The minimum absolute atomic E-state index is 0.466. The molecule has 0 fully saturated rings. The molecule has 0 aliphatic heterocycles. The van der Waals surface area contributed by atoms with Crippen LogP contribution in [0.15, 0.2) is 11.1 Å². The van der Waals surface area contributed by atoms with E-state index >= 15 is 0 Å². The Morgan fingerprint density at radius 1 is 1.83 bits per heavy atom. The number of allylic oxidation sites excluding steroid dienone is 1. The molecule has 0 rings (SSSR count). The molecule has 0 aliphatic rings. The highest BCUT2D eigenvalue weighted by Crippen LogP contribution is 1.85. The van der Waals surface area contributed by atoms with Crippen LogP contribution in [0, 0.1) is 0 Å². The lowest BCUT2D eigenvalue weighted by molar-refractivity contribution is -0.107. The van der Waals surface area contributed by atoms with Crippen LogP contribution in [-0.4, -0.2) is 5.24 Å². The topological polar surface area (TPSA) is 17.1 Å². The molecule has 0 saturated heterocycles. The van der Waals surface area contributed by atoms with E-state index in [4.69, 9.17) is 11.6 Å². The molecule has 6 heavy (non-hydrogen) atoms. The van der Waals surface area contributed by atoms with Crippen LogP contribution in [0.4, 0.5) is 0 Å². The molecule has 0 aliphatic carbocycles. The lowest BCUT2D eigenvalue weighted by Crippen LogP contribution is -1.69. The molecule has 34 valence electrons. The standard InChI is InChI=1S/C3H2BrClO/c4-2-1-3(5)6/h1-2H/b2-1-. The predicted molar refractivity (Wildman–Crippen MR) is 28.9 cm³/mol. The second kappa shape index (κ2) is 3.37. The van der Waals surface area contributed by atoms with Crippen LogP contribution >= 0.6 is 27.5 Å². The molecule has 0 radical (unpaired) electrons. The highest BCUT2D eigenvalue weighted by molar-refractivity contribution is 9.11. The van der Waals surface area contributed by atoms with Crippen LogP contribution in [-0.2, 0) is 4.79 Å². The van der Waals surface area contributed by atoms with Crippen molar-refractivity contribution in [3.05, 3.63) is 11.1 Å². The molecule has 3 heteroatoms. The molecule has 0 amide bonds. The summed E-state index contributed by atoms with van der Waals surface area (Å²) < 4.78 is 0. The summed E-state index contributed by atoms with van der Waals surface area (Å²) in [5.41, 5.74) is 0. The highest BCUT2D eigenvalue weighted by Gasteiger charge is 1.78. The number of hydrogen-bond donors (Lipinski definition) is 0. The fourth-order valence-electron chi connectivity index (χ4n) is 0.0495. The summed E-state index contributed by atoms with van der Waals surface area (Å²) in [6.45, 7) is 0. The van der Waals surface area contributed by atoms with Crippen LogP contribution in [0.25, 0.3) is 0 Å². The molecule has 0 atom stereocenters. The van der Waals surface area contributed by atoms with Gasteiger partial charge in [-0.3, -0.25) is 4.79 Å². The lowest BCUT2D eigenvalue weighted by atomic mass is 10.7. The van der Waals surface area contributed by atoms with Crippen LogP contribution in [0.1, 0.15) is 0 Å². The van der Waals surface area contributed by atoms with Crippen LogP contribution in [0.3, 0.4) is 0 Å². The average molecular weight is 169 g/mol. The third-order valence-electron chi connectivity index (χ3n) is 0.194. The van der Waals surface area contributed by atoms with Crippen LogP contribution < -0.4 is 0 Å². The first-order chi connectivity index (χ1) is 2.77. The van der Waals surface area contributed by atoms with E-state index in [0.29, 0.717) is 0 Å². The molecule has 0 aromatic rings. The van der Waals surface area contributed by atoms with Gasteiger partial charge >= 0.3 is 0 Å². The Morgan fingerprint density at radius 3 is 2.33 bits per heavy atom. The Hall–Kier alpha value is 0.180. The van der Waals surface area contributed by atoms with Crippen molar-refractivity contribution in [2.24, 2.45) is 0 Å². The molecule has 0 unspecified atom stereocenters. The van der Waals surface area contributed by atoms with E-state index in [-0.39, 0.29) is 0 Å². The Kier molecular flexibility index (Phi) is 3.47. The number of hydrogen-bond acceptors (Lipinski definition) is 1. The molecule has 0 bridgehead atoms. The Bertz CT molecular complexity index is 78.9. The first kappa shape index (κ1) is 6.18. The summed E-state index contributed by atoms with van der Waals surface area (Å²) in [6, 6.07) is 0. The molecule has 0 heterocycles. The zero-order valence-electron chi connectivity index (χ0n) is 2.82. The van der Waals surface area contributed by atoms with E-state index in [1.165, 1.54) is 11.1 Å². The highest BCUT2D eigenvalue weighted by atomic mass is 79.9. The van der Waals surface area contributed by atoms with Crippen molar-refractivity contribution in [1.82, 2.24) is 0 Å². The van der Waals surface area contributed by atoms with Crippen molar-refractivity contribution in [1.29, 1.82) is 0 Å². The van der Waals surface area contributed by atoms with Crippen molar-refractivity contribution < 1.29 is 4.79 Å². The Balaban J connectivity index is 3.30. The molecule has 0 aromatic heterocycles. The molecular weight excluding hydrogens is 167 g/mol. The van der Waals surface area contributed by atoms with Crippen molar-refractivity contribution in [3.63, 3.8) is 0 Å². The second-order valence-electron chi connectivity index (χ2n) is 0.597. The molecular formula is C3H2BrClO.